The molecule has 0 aliphatic carbocycles. The van der Waals surface area contributed by atoms with Gasteiger partial charge in [-0.3, -0.25) is 4.79 Å². The Kier molecular flexibility index (Phi) is 4.59. The van der Waals surface area contributed by atoms with Gasteiger partial charge in [0.15, 0.2) is 0 Å². The Bertz CT molecular complexity index is 394. The summed E-state index contributed by atoms with van der Waals surface area (Å²) in [7, 11) is 1.70. The Balaban J connectivity index is 2.73. The van der Waals surface area contributed by atoms with E-state index in [1.807, 2.05) is 6.07 Å². The van der Waals surface area contributed by atoms with Crippen molar-refractivity contribution in [1.82, 2.24) is 4.90 Å². The van der Waals surface area contributed by atoms with E-state index in [4.69, 9.17) is 28.9 Å². The highest BCUT2D eigenvalue weighted by Gasteiger charge is 2.13. The van der Waals surface area contributed by atoms with Crippen LogP contribution >= 0.6 is 23.2 Å². The number of nitrogens with two attached hydrogens (primary N) is 1. The van der Waals surface area contributed by atoms with Crippen LogP contribution in [0.4, 0.5) is 0 Å². The monoisotopic (exact) mass is 260 g/mol. The molecular weight excluding hydrogens is 247 g/mol. The van der Waals surface area contributed by atoms with Crippen LogP contribution in [0.2, 0.25) is 10.0 Å². The molecule has 5 heteroatoms. The van der Waals surface area contributed by atoms with Gasteiger partial charge in [0, 0.05) is 13.6 Å². The Morgan fingerprint density at radius 3 is 2.56 bits per heavy atom. The molecule has 0 radical (unpaired) electrons. The van der Waals surface area contributed by atoms with E-state index in [1.54, 1.807) is 31.0 Å². The number of rotatable bonds is 3. The van der Waals surface area contributed by atoms with Crippen molar-refractivity contribution in [3.05, 3.63) is 33.8 Å². The summed E-state index contributed by atoms with van der Waals surface area (Å²) in [6.45, 7) is 2.13. The Morgan fingerprint density at radius 2 is 2.06 bits per heavy atom. The maximum atomic E-state index is 11.5. The molecule has 16 heavy (non-hydrogen) atoms. The average molecular weight is 261 g/mol. The molecule has 1 aromatic rings. The summed E-state index contributed by atoms with van der Waals surface area (Å²) in [5, 5.41) is 0.993. The summed E-state index contributed by atoms with van der Waals surface area (Å²) in [4.78, 5) is 13.1. The molecule has 0 heterocycles. The third kappa shape index (κ3) is 3.37. The molecule has 0 aromatic heterocycles. The molecule has 2 N–H and O–H groups in total. The molecule has 0 saturated carbocycles. The van der Waals surface area contributed by atoms with Crippen LogP contribution in [0.25, 0.3) is 0 Å². The van der Waals surface area contributed by atoms with Gasteiger partial charge < -0.3 is 10.6 Å². The third-order valence-corrected chi connectivity index (χ3v) is 2.91. The second-order valence-electron chi connectivity index (χ2n) is 3.73. The number of carbonyl (C=O) groups is 1. The molecule has 0 spiro atoms. The first-order valence-electron chi connectivity index (χ1n) is 4.86. The van der Waals surface area contributed by atoms with E-state index >= 15 is 0 Å². The van der Waals surface area contributed by atoms with Crippen LogP contribution in [-0.4, -0.2) is 23.9 Å². The third-order valence-electron chi connectivity index (χ3n) is 2.17. The lowest BCUT2D eigenvalue weighted by atomic mass is 10.2. The van der Waals surface area contributed by atoms with Crippen molar-refractivity contribution in [1.29, 1.82) is 0 Å². The van der Waals surface area contributed by atoms with E-state index in [2.05, 4.69) is 0 Å². The molecule has 0 fully saturated rings. The lowest BCUT2D eigenvalue weighted by molar-refractivity contribution is -0.131. The van der Waals surface area contributed by atoms with Crippen molar-refractivity contribution in [3.8, 4) is 0 Å². The minimum absolute atomic E-state index is 0.105. The average Bonchev–Trinajstić information content (AvgIpc) is 2.22. The highest BCUT2D eigenvalue weighted by Crippen LogP contribution is 2.23. The van der Waals surface area contributed by atoms with E-state index < -0.39 is 6.04 Å². The first-order valence-corrected chi connectivity index (χ1v) is 5.62. The van der Waals surface area contributed by atoms with Crippen LogP contribution in [-0.2, 0) is 11.3 Å². The Labute approximate surface area is 105 Å². The molecule has 0 aliphatic rings. The fraction of sp³-hybridized carbons (Fsp3) is 0.364. The number of nitrogens with zero attached hydrogens (tertiary/aromatic N) is 1. The number of carbonyl (C=O) groups excluding carboxylic acids is 1. The first-order chi connectivity index (χ1) is 7.41. The number of likely N-dealkylation sites (N-methyl/N-ethyl adjacent to an activating group) is 1. The second-order valence-corrected chi connectivity index (χ2v) is 4.55. The van der Waals surface area contributed by atoms with E-state index in [0.29, 0.717) is 16.6 Å². The van der Waals surface area contributed by atoms with E-state index in [9.17, 15) is 4.79 Å². The molecule has 1 rings (SSSR count). The zero-order valence-corrected chi connectivity index (χ0v) is 10.7. The lowest BCUT2D eigenvalue weighted by Gasteiger charge is -2.19. The van der Waals surface area contributed by atoms with Gasteiger partial charge in [0.25, 0.3) is 0 Å². The topological polar surface area (TPSA) is 46.3 Å². The van der Waals surface area contributed by atoms with Crippen LogP contribution in [0.3, 0.4) is 0 Å². The van der Waals surface area contributed by atoms with Gasteiger partial charge in [0.1, 0.15) is 0 Å². The minimum Gasteiger partial charge on any atom is -0.340 e. The predicted molar refractivity (Wildman–Crippen MR) is 66.6 cm³/mol. The normalized spacial score (nSPS) is 12.3. The molecule has 88 valence electrons. The molecular formula is C11H14Cl2N2O. The zero-order chi connectivity index (χ0) is 12.3. The quantitative estimate of drug-likeness (QED) is 0.907. The number of benzene rings is 1. The maximum Gasteiger partial charge on any atom is 0.239 e. The van der Waals surface area contributed by atoms with Crippen LogP contribution < -0.4 is 5.73 Å². The van der Waals surface area contributed by atoms with Crippen molar-refractivity contribution in [2.75, 3.05) is 7.05 Å². The number of amides is 1. The van der Waals surface area contributed by atoms with Crippen LogP contribution in [0, 0.1) is 0 Å². The summed E-state index contributed by atoms with van der Waals surface area (Å²) >= 11 is 11.7. The number of hydrogen-bond acceptors (Lipinski definition) is 2. The van der Waals surface area contributed by atoms with Crippen LogP contribution in [0.1, 0.15) is 12.5 Å². The van der Waals surface area contributed by atoms with Crippen molar-refractivity contribution in [2.24, 2.45) is 5.73 Å². The van der Waals surface area contributed by atoms with Crippen molar-refractivity contribution < 1.29 is 4.79 Å². The molecule has 0 unspecified atom stereocenters. The molecule has 1 atom stereocenters. The van der Waals surface area contributed by atoms with Crippen molar-refractivity contribution in [2.45, 2.75) is 19.5 Å². The number of hydrogen-bond donors (Lipinski definition) is 1. The lowest BCUT2D eigenvalue weighted by Crippen LogP contribution is -2.39. The molecule has 0 bridgehead atoms. The van der Waals surface area contributed by atoms with Crippen LogP contribution in [0.5, 0.6) is 0 Å². The second kappa shape index (κ2) is 5.53. The molecule has 0 saturated heterocycles. The zero-order valence-electron chi connectivity index (χ0n) is 9.21. The van der Waals surface area contributed by atoms with Gasteiger partial charge in [-0.25, -0.2) is 0 Å². The molecule has 0 aliphatic heterocycles. The molecule has 1 amide bonds. The summed E-state index contributed by atoms with van der Waals surface area (Å²) in [6, 6.07) is 4.80. The Hall–Kier alpha value is -0.770. The summed E-state index contributed by atoms with van der Waals surface area (Å²) in [5.41, 5.74) is 6.43. The van der Waals surface area contributed by atoms with Gasteiger partial charge in [0.05, 0.1) is 16.1 Å². The van der Waals surface area contributed by atoms with Gasteiger partial charge in [-0.2, -0.15) is 0 Å². The van der Waals surface area contributed by atoms with E-state index in [0.717, 1.165) is 5.56 Å². The van der Waals surface area contributed by atoms with Gasteiger partial charge >= 0.3 is 0 Å². The van der Waals surface area contributed by atoms with E-state index in [1.165, 1.54) is 0 Å². The minimum atomic E-state index is -0.493. The van der Waals surface area contributed by atoms with E-state index in [-0.39, 0.29) is 5.91 Å². The fourth-order valence-electron chi connectivity index (χ4n) is 1.34. The van der Waals surface area contributed by atoms with Gasteiger partial charge in [-0.05, 0) is 24.6 Å². The molecule has 1 aromatic carbocycles. The highest BCUT2D eigenvalue weighted by atomic mass is 35.5. The van der Waals surface area contributed by atoms with Gasteiger partial charge in [-0.15, -0.1) is 0 Å². The molecule has 3 nitrogen and oxygen atoms in total. The van der Waals surface area contributed by atoms with Crippen molar-refractivity contribution in [3.63, 3.8) is 0 Å². The van der Waals surface area contributed by atoms with Crippen LogP contribution in [0.15, 0.2) is 18.2 Å². The predicted octanol–water partition coefficient (Wildman–Crippen LogP) is 2.30. The van der Waals surface area contributed by atoms with Crippen molar-refractivity contribution >= 4 is 29.1 Å². The fourth-order valence-corrected chi connectivity index (χ4v) is 1.66. The largest absolute Gasteiger partial charge is 0.340 e. The smallest absolute Gasteiger partial charge is 0.239 e. The number of halogens is 2. The standard InChI is InChI=1S/C11H14Cl2N2O/c1-7(14)11(16)15(2)6-8-3-4-9(12)10(13)5-8/h3-5,7H,6,14H2,1-2H3/t7-/m1/s1. The van der Waals surface area contributed by atoms with Gasteiger partial charge in [-0.1, -0.05) is 29.3 Å². The summed E-state index contributed by atoms with van der Waals surface area (Å²) in [5.74, 6) is -0.105. The summed E-state index contributed by atoms with van der Waals surface area (Å²) < 4.78 is 0. The first kappa shape index (κ1) is 13.3. The maximum absolute atomic E-state index is 11.5. The SMILES string of the molecule is C[C@@H](N)C(=O)N(C)Cc1ccc(Cl)c(Cl)c1. The summed E-state index contributed by atoms with van der Waals surface area (Å²) in [6.07, 6.45) is 0. The highest BCUT2D eigenvalue weighted by molar-refractivity contribution is 6.42. The Morgan fingerprint density at radius 1 is 1.44 bits per heavy atom. The van der Waals surface area contributed by atoms with Gasteiger partial charge in [0.2, 0.25) is 5.91 Å².